The maximum absolute atomic E-state index is 14.1. The fraction of sp³-hybridized carbons (Fsp3) is 0.320. The number of anilines is 1. The largest absolute Gasteiger partial charge is 0.410 e. The minimum Gasteiger partial charge on any atom is -0.362 e. The van der Waals surface area contributed by atoms with Gasteiger partial charge in [0.25, 0.3) is 11.8 Å². The van der Waals surface area contributed by atoms with Crippen molar-refractivity contribution in [2.45, 2.75) is 24.7 Å². The van der Waals surface area contributed by atoms with Gasteiger partial charge in [-0.05, 0) is 29.8 Å². The zero-order valence-electron chi connectivity index (χ0n) is 19.4. The van der Waals surface area contributed by atoms with Gasteiger partial charge in [-0.3, -0.25) is 9.59 Å². The molecule has 2 aromatic carbocycles. The number of aromatic nitrogens is 2. The molecule has 2 aliphatic rings. The molecule has 2 aliphatic heterocycles. The number of benzene rings is 2. The maximum atomic E-state index is 14.1. The SMILES string of the molecule is O=C(c1ccccc1)N1CCN(C(=O)c2nn3c(c2Cl)N[C@H](c2ccc(Br)cc2)C[C@H]3C(F)(F)F)CC1. The van der Waals surface area contributed by atoms with E-state index in [2.05, 4.69) is 26.3 Å². The van der Waals surface area contributed by atoms with Crippen molar-refractivity contribution in [3.8, 4) is 0 Å². The number of carbonyl (C=O) groups excluding carboxylic acids is 2. The molecule has 0 unspecified atom stereocenters. The van der Waals surface area contributed by atoms with Gasteiger partial charge in [0.15, 0.2) is 11.7 Å². The Kier molecular flexibility index (Phi) is 6.93. The van der Waals surface area contributed by atoms with Gasteiger partial charge in [-0.15, -0.1) is 0 Å². The lowest BCUT2D eigenvalue weighted by atomic mass is 9.97. The van der Waals surface area contributed by atoms with Crippen LogP contribution in [0, 0.1) is 0 Å². The lowest BCUT2D eigenvalue weighted by Gasteiger charge is -2.34. The number of fused-ring (bicyclic) bond motifs is 1. The Hall–Kier alpha value is -3.05. The van der Waals surface area contributed by atoms with E-state index in [0.29, 0.717) is 24.2 Å². The molecule has 5 rings (SSSR count). The van der Waals surface area contributed by atoms with Gasteiger partial charge >= 0.3 is 6.18 Å². The third kappa shape index (κ3) is 5.06. The number of rotatable bonds is 3. The molecular weight excluding hydrogens is 575 g/mol. The third-order valence-electron chi connectivity index (χ3n) is 6.65. The molecule has 0 radical (unpaired) electrons. The number of nitrogens with zero attached hydrogens (tertiary/aromatic N) is 4. The Morgan fingerprint density at radius 3 is 2.14 bits per heavy atom. The number of hydrogen-bond donors (Lipinski definition) is 1. The lowest BCUT2D eigenvalue weighted by molar-refractivity contribution is -0.173. The normalized spacial score (nSPS) is 19.8. The van der Waals surface area contributed by atoms with E-state index in [1.807, 2.05) is 6.07 Å². The van der Waals surface area contributed by atoms with E-state index in [-0.39, 0.29) is 42.0 Å². The van der Waals surface area contributed by atoms with Crippen LogP contribution in [0.5, 0.6) is 0 Å². The van der Waals surface area contributed by atoms with Crippen LogP contribution in [0.2, 0.25) is 5.02 Å². The smallest absolute Gasteiger partial charge is 0.362 e. The van der Waals surface area contributed by atoms with Crippen molar-refractivity contribution in [1.29, 1.82) is 0 Å². The molecule has 0 saturated carbocycles. The van der Waals surface area contributed by atoms with Gasteiger partial charge in [0.2, 0.25) is 0 Å². The third-order valence-corrected chi connectivity index (χ3v) is 7.53. The van der Waals surface area contributed by atoms with Gasteiger partial charge in [0.05, 0.1) is 6.04 Å². The van der Waals surface area contributed by atoms with Crippen LogP contribution in [0.3, 0.4) is 0 Å². The van der Waals surface area contributed by atoms with Crippen LogP contribution in [0.25, 0.3) is 0 Å². The van der Waals surface area contributed by atoms with Gasteiger partial charge in [-0.2, -0.15) is 18.3 Å². The molecule has 7 nitrogen and oxygen atoms in total. The summed E-state index contributed by atoms with van der Waals surface area (Å²) in [5.74, 6) is -0.745. The zero-order chi connectivity index (χ0) is 26.3. The van der Waals surface area contributed by atoms with Crippen molar-refractivity contribution in [1.82, 2.24) is 19.6 Å². The van der Waals surface area contributed by atoms with E-state index < -0.39 is 24.2 Å². The van der Waals surface area contributed by atoms with E-state index in [4.69, 9.17) is 11.6 Å². The van der Waals surface area contributed by atoms with Gasteiger partial charge in [-0.1, -0.05) is 57.9 Å². The fourth-order valence-electron chi connectivity index (χ4n) is 4.67. The summed E-state index contributed by atoms with van der Waals surface area (Å²) < 4.78 is 43.8. The Morgan fingerprint density at radius 2 is 1.54 bits per heavy atom. The molecule has 3 aromatic rings. The quantitative estimate of drug-likeness (QED) is 0.430. The highest BCUT2D eigenvalue weighted by molar-refractivity contribution is 9.10. The molecule has 2 atom stereocenters. The molecule has 194 valence electrons. The molecule has 2 amide bonds. The van der Waals surface area contributed by atoms with Crippen LogP contribution < -0.4 is 5.32 Å². The number of amides is 2. The van der Waals surface area contributed by atoms with Crippen LogP contribution in [0.15, 0.2) is 59.1 Å². The number of piperazine rings is 1. The van der Waals surface area contributed by atoms with Gasteiger partial charge in [0, 0.05) is 42.6 Å². The molecule has 1 fully saturated rings. The molecule has 12 heteroatoms. The Morgan fingerprint density at radius 1 is 0.946 bits per heavy atom. The second kappa shape index (κ2) is 10.0. The van der Waals surface area contributed by atoms with Crippen molar-refractivity contribution in [3.05, 3.63) is 80.9 Å². The van der Waals surface area contributed by atoms with Crippen LogP contribution in [0.4, 0.5) is 19.0 Å². The summed E-state index contributed by atoms with van der Waals surface area (Å²) in [5, 5.41) is 6.94. The summed E-state index contributed by atoms with van der Waals surface area (Å²) in [7, 11) is 0. The topological polar surface area (TPSA) is 70.5 Å². The highest BCUT2D eigenvalue weighted by Crippen LogP contribution is 2.46. The van der Waals surface area contributed by atoms with E-state index in [1.165, 1.54) is 4.90 Å². The van der Waals surface area contributed by atoms with Crippen molar-refractivity contribution in [3.63, 3.8) is 0 Å². The van der Waals surface area contributed by atoms with Crippen LogP contribution in [0.1, 0.15) is 44.9 Å². The summed E-state index contributed by atoms with van der Waals surface area (Å²) in [6.07, 6.45) is -4.90. The number of nitrogens with one attached hydrogen (secondary N) is 1. The predicted octanol–water partition coefficient (Wildman–Crippen LogP) is 5.56. The number of halogens is 5. The Balaban J connectivity index is 1.36. The first-order valence-corrected chi connectivity index (χ1v) is 12.8. The number of alkyl halides is 3. The zero-order valence-corrected chi connectivity index (χ0v) is 21.7. The molecule has 0 spiro atoms. The first-order valence-electron chi connectivity index (χ1n) is 11.6. The van der Waals surface area contributed by atoms with Gasteiger partial charge in [0.1, 0.15) is 10.8 Å². The average molecular weight is 597 g/mol. The molecule has 1 aromatic heterocycles. The summed E-state index contributed by atoms with van der Waals surface area (Å²) in [4.78, 5) is 29.1. The molecule has 37 heavy (non-hydrogen) atoms. The van der Waals surface area contributed by atoms with Crippen molar-refractivity contribution < 1.29 is 22.8 Å². The minimum atomic E-state index is -4.59. The lowest BCUT2D eigenvalue weighted by Crippen LogP contribution is -2.50. The van der Waals surface area contributed by atoms with Crippen molar-refractivity contribution in [2.24, 2.45) is 0 Å². The van der Waals surface area contributed by atoms with E-state index in [0.717, 1.165) is 9.15 Å². The first kappa shape index (κ1) is 25.6. The second-order valence-corrected chi connectivity index (χ2v) is 10.2. The fourth-order valence-corrected chi connectivity index (χ4v) is 5.19. The number of hydrogen-bond acceptors (Lipinski definition) is 4. The number of carbonyl (C=O) groups is 2. The summed E-state index contributed by atoms with van der Waals surface area (Å²) in [6.45, 7) is 1.01. The summed E-state index contributed by atoms with van der Waals surface area (Å²) in [6, 6.07) is 13.2. The average Bonchev–Trinajstić information content (AvgIpc) is 3.24. The monoisotopic (exact) mass is 595 g/mol. The van der Waals surface area contributed by atoms with E-state index in [1.54, 1.807) is 53.4 Å². The molecule has 3 heterocycles. The standard InChI is InChI=1S/C25H22BrClF3N5O2/c26-17-8-6-15(7-9-17)18-14-19(25(28,29)30)35-22(31-18)20(27)21(32-35)24(37)34-12-10-33(11-13-34)23(36)16-4-2-1-3-5-16/h1-9,18-19,31H,10-14H2/t18-,19-/m0/s1. The Bertz CT molecular complexity index is 1310. The minimum absolute atomic E-state index is 0.0376. The molecule has 1 saturated heterocycles. The van der Waals surface area contributed by atoms with E-state index >= 15 is 0 Å². The van der Waals surface area contributed by atoms with Gasteiger partial charge in [-0.25, -0.2) is 4.68 Å². The maximum Gasteiger partial charge on any atom is 0.410 e. The van der Waals surface area contributed by atoms with E-state index in [9.17, 15) is 22.8 Å². The summed E-state index contributed by atoms with van der Waals surface area (Å²) >= 11 is 9.81. The van der Waals surface area contributed by atoms with Gasteiger partial charge < -0.3 is 15.1 Å². The van der Waals surface area contributed by atoms with Crippen molar-refractivity contribution >= 4 is 45.2 Å². The van der Waals surface area contributed by atoms with Crippen LogP contribution in [-0.2, 0) is 0 Å². The van der Waals surface area contributed by atoms with Crippen LogP contribution >= 0.6 is 27.5 Å². The second-order valence-electron chi connectivity index (χ2n) is 8.95. The first-order chi connectivity index (χ1) is 17.6. The Labute approximate surface area is 224 Å². The van der Waals surface area contributed by atoms with Crippen LogP contribution in [-0.4, -0.2) is 63.7 Å². The highest BCUT2D eigenvalue weighted by atomic mass is 79.9. The molecule has 0 bridgehead atoms. The molecule has 1 N–H and O–H groups in total. The summed E-state index contributed by atoms with van der Waals surface area (Å²) in [5.41, 5.74) is 0.974. The molecule has 0 aliphatic carbocycles. The predicted molar refractivity (Wildman–Crippen MR) is 136 cm³/mol. The highest BCUT2D eigenvalue weighted by Gasteiger charge is 2.48. The molecular formula is C25H22BrClF3N5O2. The van der Waals surface area contributed by atoms with Crippen molar-refractivity contribution in [2.75, 3.05) is 31.5 Å².